The zero-order valence-corrected chi connectivity index (χ0v) is 16.5. The van der Waals surface area contributed by atoms with Crippen LogP contribution in [0.2, 0.25) is 0 Å². The minimum Gasteiger partial charge on any atom is -0.282 e. The third-order valence-electron chi connectivity index (χ3n) is 3.87. The Hall–Kier alpha value is -1.38. The van der Waals surface area contributed by atoms with Crippen LogP contribution in [0.1, 0.15) is 17.5 Å². The molecule has 1 heterocycles. The van der Waals surface area contributed by atoms with Crippen molar-refractivity contribution in [2.45, 2.75) is 24.2 Å². The highest BCUT2D eigenvalue weighted by molar-refractivity contribution is 7.85. The minimum absolute atomic E-state index is 0.0740. The van der Waals surface area contributed by atoms with Gasteiger partial charge in [-0.15, -0.1) is 0 Å². The Balaban J connectivity index is 1.69. The van der Waals surface area contributed by atoms with Gasteiger partial charge in [-0.25, -0.2) is 0 Å². The smallest absolute Gasteiger partial charge is 0.282 e. The van der Waals surface area contributed by atoms with Gasteiger partial charge in [-0.2, -0.15) is 8.42 Å². The van der Waals surface area contributed by atoms with Crippen molar-refractivity contribution in [1.29, 1.82) is 0 Å². The molecule has 130 valence electrons. The first-order valence-corrected chi connectivity index (χ1v) is 11.7. The van der Waals surface area contributed by atoms with E-state index in [2.05, 4.69) is 12.1 Å². The fraction of sp³-hybridized carbons (Fsp3) is 0.167. The molecule has 0 atom stereocenters. The molecule has 0 radical (unpaired) electrons. The van der Waals surface area contributed by atoms with Gasteiger partial charge in [-0.05, 0) is 48.1 Å². The van der Waals surface area contributed by atoms with E-state index in [-0.39, 0.29) is 4.90 Å². The van der Waals surface area contributed by atoms with E-state index in [1.807, 2.05) is 18.2 Å². The summed E-state index contributed by atoms with van der Waals surface area (Å²) in [5.74, 6) is 0. The third-order valence-corrected chi connectivity index (χ3v) is 7.93. The summed E-state index contributed by atoms with van der Waals surface area (Å²) in [7, 11) is -0.766. The molecule has 0 saturated carbocycles. The number of benzene rings is 2. The Morgan fingerprint density at radius 1 is 0.920 bits per heavy atom. The van der Waals surface area contributed by atoms with E-state index < -0.39 is 10.1 Å². The van der Waals surface area contributed by atoms with E-state index in [1.165, 1.54) is 28.1 Å². The summed E-state index contributed by atoms with van der Waals surface area (Å²) in [6.45, 7) is 0. The van der Waals surface area contributed by atoms with Gasteiger partial charge in [-0.3, -0.25) is 4.55 Å². The predicted octanol–water partition coefficient (Wildman–Crippen LogP) is 5.63. The van der Waals surface area contributed by atoms with Gasteiger partial charge in [0.25, 0.3) is 10.1 Å². The molecular formula is C18H16O3S4. The number of hydrogen-bond acceptors (Lipinski definition) is 5. The molecule has 0 fully saturated rings. The summed E-state index contributed by atoms with van der Waals surface area (Å²) in [5, 5.41) is 0. The number of aryl methyl sites for hydroxylation is 1. The van der Waals surface area contributed by atoms with Gasteiger partial charge < -0.3 is 0 Å². The molecule has 3 rings (SSSR count). The summed E-state index contributed by atoms with van der Waals surface area (Å²) < 4.78 is 32.1. The molecule has 0 unspecified atom stereocenters. The Morgan fingerprint density at radius 3 is 2.24 bits per heavy atom. The molecule has 0 amide bonds. The van der Waals surface area contributed by atoms with Gasteiger partial charge in [0.1, 0.15) is 3.82 Å². The average Bonchev–Trinajstić information content (AvgIpc) is 2.96. The van der Waals surface area contributed by atoms with Crippen molar-refractivity contribution in [2.24, 2.45) is 0 Å². The molecule has 25 heavy (non-hydrogen) atoms. The standard InChI is InChI=1S/C18H16O3S4/c19-25(20,21)15-11-9-13(10-12-15)5-4-8-16-17(23-24-18(16)22)14-6-2-1-3-7-14/h1-3,6-7,9-12H,4-5,8H2,(H,19,20,21). The van der Waals surface area contributed by atoms with E-state index in [9.17, 15) is 8.42 Å². The Kier molecular flexibility index (Phi) is 5.81. The zero-order chi connectivity index (χ0) is 17.9. The van der Waals surface area contributed by atoms with Crippen molar-refractivity contribution in [3.8, 4) is 10.4 Å². The molecule has 7 heteroatoms. The van der Waals surface area contributed by atoms with Gasteiger partial charge in [0, 0.05) is 0 Å². The second-order valence-electron chi connectivity index (χ2n) is 5.60. The monoisotopic (exact) mass is 408 g/mol. The van der Waals surface area contributed by atoms with Gasteiger partial charge in [0.2, 0.25) is 0 Å². The van der Waals surface area contributed by atoms with E-state index in [0.717, 1.165) is 28.6 Å². The summed E-state index contributed by atoms with van der Waals surface area (Å²) in [5.41, 5.74) is 3.47. The van der Waals surface area contributed by atoms with Gasteiger partial charge in [0.15, 0.2) is 0 Å². The lowest BCUT2D eigenvalue weighted by atomic mass is 10.0. The SMILES string of the molecule is O=S(=O)(O)c1ccc(CCCc2c(-c3ccccc3)ssc2=S)cc1. The molecule has 0 aliphatic carbocycles. The predicted molar refractivity (Wildman–Crippen MR) is 107 cm³/mol. The first kappa shape index (κ1) is 18.4. The summed E-state index contributed by atoms with van der Waals surface area (Å²) in [6, 6.07) is 16.6. The Bertz CT molecular complexity index is 1000. The van der Waals surface area contributed by atoms with Crippen LogP contribution in [0.5, 0.6) is 0 Å². The zero-order valence-electron chi connectivity index (χ0n) is 13.2. The second-order valence-corrected chi connectivity index (χ2v) is 9.84. The van der Waals surface area contributed by atoms with Crippen molar-refractivity contribution in [2.75, 3.05) is 0 Å². The Morgan fingerprint density at radius 2 is 1.60 bits per heavy atom. The van der Waals surface area contributed by atoms with Crippen LogP contribution in [0.3, 0.4) is 0 Å². The minimum atomic E-state index is -4.13. The van der Waals surface area contributed by atoms with Gasteiger partial charge in [-0.1, -0.05) is 75.4 Å². The highest BCUT2D eigenvalue weighted by Gasteiger charge is 2.11. The van der Waals surface area contributed by atoms with Crippen LogP contribution in [0.4, 0.5) is 0 Å². The fourth-order valence-corrected chi connectivity index (χ4v) is 6.09. The maximum absolute atomic E-state index is 11.1. The molecule has 0 spiro atoms. The van der Waals surface area contributed by atoms with Crippen molar-refractivity contribution in [3.05, 3.63) is 69.5 Å². The first-order chi connectivity index (χ1) is 11.9. The van der Waals surface area contributed by atoms with Crippen LogP contribution < -0.4 is 0 Å². The van der Waals surface area contributed by atoms with E-state index in [4.69, 9.17) is 16.8 Å². The first-order valence-electron chi connectivity index (χ1n) is 7.69. The normalized spacial score (nSPS) is 11.6. The second kappa shape index (κ2) is 7.88. The summed E-state index contributed by atoms with van der Waals surface area (Å²) >= 11 is 5.50. The van der Waals surface area contributed by atoms with Crippen LogP contribution in [-0.2, 0) is 23.0 Å². The lowest BCUT2D eigenvalue weighted by Gasteiger charge is -2.05. The molecule has 0 saturated heterocycles. The molecular weight excluding hydrogens is 392 g/mol. The largest absolute Gasteiger partial charge is 0.294 e. The highest BCUT2D eigenvalue weighted by atomic mass is 32.9. The van der Waals surface area contributed by atoms with E-state index in [0.29, 0.717) is 0 Å². The summed E-state index contributed by atoms with van der Waals surface area (Å²) in [4.78, 5) is 1.17. The van der Waals surface area contributed by atoms with Crippen LogP contribution in [0.15, 0.2) is 59.5 Å². The van der Waals surface area contributed by atoms with Crippen molar-refractivity contribution < 1.29 is 13.0 Å². The van der Waals surface area contributed by atoms with Crippen molar-refractivity contribution in [3.63, 3.8) is 0 Å². The molecule has 1 aromatic heterocycles. The van der Waals surface area contributed by atoms with Gasteiger partial charge in [0.05, 0.1) is 9.77 Å². The molecule has 1 N–H and O–H groups in total. The quantitative estimate of drug-likeness (QED) is 0.326. The highest BCUT2D eigenvalue weighted by Crippen LogP contribution is 2.35. The molecule has 0 aliphatic rings. The molecule has 0 bridgehead atoms. The van der Waals surface area contributed by atoms with Crippen LogP contribution >= 0.6 is 32.9 Å². The van der Waals surface area contributed by atoms with Crippen LogP contribution in [0, 0.1) is 3.82 Å². The summed E-state index contributed by atoms with van der Waals surface area (Å²) in [6.07, 6.45) is 2.65. The fourth-order valence-electron chi connectivity index (χ4n) is 2.60. The molecule has 3 nitrogen and oxygen atoms in total. The lowest BCUT2D eigenvalue weighted by molar-refractivity contribution is 0.483. The van der Waals surface area contributed by atoms with Crippen LogP contribution in [0.25, 0.3) is 10.4 Å². The van der Waals surface area contributed by atoms with E-state index in [1.54, 1.807) is 32.8 Å². The van der Waals surface area contributed by atoms with Crippen molar-refractivity contribution in [1.82, 2.24) is 0 Å². The van der Waals surface area contributed by atoms with E-state index >= 15 is 0 Å². The number of rotatable bonds is 6. The van der Waals surface area contributed by atoms with Gasteiger partial charge >= 0.3 is 0 Å². The maximum Gasteiger partial charge on any atom is 0.294 e. The number of hydrogen-bond donors (Lipinski definition) is 1. The maximum atomic E-state index is 11.1. The lowest BCUT2D eigenvalue weighted by Crippen LogP contribution is -1.98. The molecule has 2 aromatic carbocycles. The molecule has 3 aromatic rings. The topological polar surface area (TPSA) is 54.4 Å². The third kappa shape index (κ3) is 4.62. The van der Waals surface area contributed by atoms with Crippen molar-refractivity contribution >= 4 is 43.0 Å². The van der Waals surface area contributed by atoms with Crippen LogP contribution in [-0.4, -0.2) is 13.0 Å². The average molecular weight is 409 g/mol. The molecule has 0 aliphatic heterocycles. The Labute approximate surface area is 159 Å².